The van der Waals surface area contributed by atoms with E-state index in [1.54, 1.807) is 18.4 Å². The molecule has 5 heteroatoms. The maximum absolute atomic E-state index is 5.40. The number of ether oxygens (including phenoxy) is 1. The van der Waals surface area contributed by atoms with Gasteiger partial charge in [0.25, 0.3) is 0 Å². The molecule has 0 bridgehead atoms. The average Bonchev–Trinajstić information content (AvgIpc) is 2.76. The Balaban J connectivity index is 2.09. The molecule has 0 saturated heterocycles. The van der Waals surface area contributed by atoms with E-state index in [2.05, 4.69) is 48.6 Å². The molecule has 0 aromatic carbocycles. The second kappa shape index (κ2) is 4.99. The van der Waals surface area contributed by atoms with Crippen molar-refractivity contribution in [1.82, 2.24) is 14.7 Å². The molecule has 0 amide bonds. The molecule has 0 atom stereocenters. The number of fused-ring (bicyclic) bond motifs is 1. The zero-order valence-electron chi connectivity index (χ0n) is 11.7. The van der Waals surface area contributed by atoms with Crippen molar-refractivity contribution in [3.05, 3.63) is 22.5 Å². The van der Waals surface area contributed by atoms with Gasteiger partial charge in [-0.15, -0.1) is 11.3 Å². The summed E-state index contributed by atoms with van der Waals surface area (Å²) in [6, 6.07) is 0. The highest BCUT2D eigenvalue weighted by molar-refractivity contribution is 7.17. The molecule has 0 radical (unpaired) electrons. The van der Waals surface area contributed by atoms with Gasteiger partial charge in [0, 0.05) is 31.3 Å². The molecule has 2 aromatic heterocycles. The lowest BCUT2D eigenvalue weighted by Gasteiger charge is -2.23. The second-order valence-corrected chi connectivity index (χ2v) is 6.42. The van der Waals surface area contributed by atoms with E-state index in [0.29, 0.717) is 0 Å². The molecule has 1 N–H and O–H groups in total. The molecule has 2 aromatic rings. The van der Waals surface area contributed by atoms with Gasteiger partial charge in [0.05, 0.1) is 17.0 Å². The summed E-state index contributed by atoms with van der Waals surface area (Å²) < 4.78 is 7.58. The summed E-state index contributed by atoms with van der Waals surface area (Å²) in [5.41, 5.74) is 2.20. The number of imidazole rings is 1. The fraction of sp³-hybridized carbons (Fsp3) is 0.615. The predicted molar refractivity (Wildman–Crippen MR) is 75.3 cm³/mol. The monoisotopic (exact) mass is 267 g/mol. The molecule has 0 spiro atoms. The van der Waals surface area contributed by atoms with Crippen molar-refractivity contribution in [2.45, 2.75) is 39.8 Å². The third-order valence-electron chi connectivity index (χ3n) is 3.14. The SMILES string of the molecule is COC(C)(C)CNCc1c(C)nc2sc(C)cn12. The van der Waals surface area contributed by atoms with Gasteiger partial charge in [0.1, 0.15) is 0 Å². The molecule has 2 heterocycles. The van der Waals surface area contributed by atoms with E-state index in [0.717, 1.165) is 23.7 Å². The average molecular weight is 267 g/mol. The minimum absolute atomic E-state index is 0.137. The normalized spacial score (nSPS) is 12.5. The standard InChI is InChI=1S/C13H21N3OS/c1-9-7-16-11(10(2)15-12(16)18-9)6-14-8-13(3,4)17-5/h7,14H,6,8H2,1-5H3. The maximum atomic E-state index is 5.40. The Morgan fingerprint density at radius 2 is 2.17 bits per heavy atom. The van der Waals surface area contributed by atoms with Gasteiger partial charge in [-0.1, -0.05) is 0 Å². The first-order valence-electron chi connectivity index (χ1n) is 6.13. The lowest BCUT2D eigenvalue weighted by Crippen LogP contribution is -2.36. The summed E-state index contributed by atoms with van der Waals surface area (Å²) >= 11 is 1.73. The smallest absolute Gasteiger partial charge is 0.194 e. The van der Waals surface area contributed by atoms with Gasteiger partial charge in [-0.2, -0.15) is 0 Å². The van der Waals surface area contributed by atoms with Gasteiger partial charge in [0.2, 0.25) is 0 Å². The van der Waals surface area contributed by atoms with Crippen LogP contribution in [0.4, 0.5) is 0 Å². The van der Waals surface area contributed by atoms with Crippen LogP contribution in [0.5, 0.6) is 0 Å². The van der Waals surface area contributed by atoms with E-state index in [-0.39, 0.29) is 5.60 Å². The van der Waals surface area contributed by atoms with Gasteiger partial charge in [0.15, 0.2) is 4.96 Å². The van der Waals surface area contributed by atoms with E-state index < -0.39 is 0 Å². The highest BCUT2D eigenvalue weighted by Gasteiger charge is 2.16. The van der Waals surface area contributed by atoms with E-state index in [9.17, 15) is 0 Å². The van der Waals surface area contributed by atoms with Gasteiger partial charge >= 0.3 is 0 Å². The first-order valence-corrected chi connectivity index (χ1v) is 6.94. The van der Waals surface area contributed by atoms with Gasteiger partial charge in [-0.05, 0) is 27.7 Å². The fourth-order valence-electron chi connectivity index (χ4n) is 1.88. The number of aromatic nitrogens is 2. The molecule has 0 aliphatic rings. The highest BCUT2D eigenvalue weighted by atomic mass is 32.1. The number of hydrogen-bond donors (Lipinski definition) is 1. The van der Waals surface area contributed by atoms with Crippen LogP contribution >= 0.6 is 11.3 Å². The third kappa shape index (κ3) is 2.74. The van der Waals surface area contributed by atoms with Crippen LogP contribution in [0.15, 0.2) is 6.20 Å². The Labute approximate surface area is 112 Å². The molecular weight excluding hydrogens is 246 g/mol. The topological polar surface area (TPSA) is 38.6 Å². The largest absolute Gasteiger partial charge is 0.377 e. The molecule has 4 nitrogen and oxygen atoms in total. The Morgan fingerprint density at radius 1 is 1.44 bits per heavy atom. The van der Waals surface area contributed by atoms with E-state index >= 15 is 0 Å². The first kappa shape index (κ1) is 13.5. The Morgan fingerprint density at radius 3 is 2.83 bits per heavy atom. The summed E-state index contributed by atoms with van der Waals surface area (Å²) in [6.07, 6.45) is 2.15. The van der Waals surface area contributed by atoms with Crippen molar-refractivity contribution < 1.29 is 4.74 Å². The molecule has 100 valence electrons. The summed E-state index contributed by atoms with van der Waals surface area (Å²) in [7, 11) is 1.74. The Bertz CT molecular complexity index is 542. The summed E-state index contributed by atoms with van der Waals surface area (Å²) in [5.74, 6) is 0. The van der Waals surface area contributed by atoms with Gasteiger partial charge in [-0.25, -0.2) is 4.98 Å². The molecule has 0 unspecified atom stereocenters. The minimum atomic E-state index is -0.137. The molecule has 0 saturated carbocycles. The van der Waals surface area contributed by atoms with Crippen LogP contribution < -0.4 is 5.32 Å². The van der Waals surface area contributed by atoms with Crippen molar-refractivity contribution in [1.29, 1.82) is 0 Å². The second-order valence-electron chi connectivity index (χ2n) is 5.21. The van der Waals surface area contributed by atoms with Crippen molar-refractivity contribution in [2.24, 2.45) is 0 Å². The third-order valence-corrected chi connectivity index (χ3v) is 4.03. The van der Waals surface area contributed by atoms with Crippen LogP contribution in [0, 0.1) is 13.8 Å². The molecule has 18 heavy (non-hydrogen) atoms. The van der Waals surface area contributed by atoms with Gasteiger partial charge in [-0.3, -0.25) is 4.40 Å². The van der Waals surface area contributed by atoms with Crippen molar-refractivity contribution in [3.8, 4) is 0 Å². The highest BCUT2D eigenvalue weighted by Crippen LogP contribution is 2.20. The van der Waals surface area contributed by atoms with Crippen LogP contribution in [0.3, 0.4) is 0 Å². The zero-order chi connectivity index (χ0) is 13.3. The van der Waals surface area contributed by atoms with Crippen molar-refractivity contribution >= 4 is 16.3 Å². The summed E-state index contributed by atoms with van der Waals surface area (Å²) in [4.78, 5) is 6.94. The van der Waals surface area contributed by atoms with Crippen molar-refractivity contribution in [3.63, 3.8) is 0 Å². The van der Waals surface area contributed by atoms with E-state index in [4.69, 9.17) is 4.74 Å². The Kier molecular flexibility index (Phi) is 3.75. The van der Waals surface area contributed by atoms with Crippen LogP contribution in [0.2, 0.25) is 0 Å². The minimum Gasteiger partial charge on any atom is -0.377 e. The lowest BCUT2D eigenvalue weighted by atomic mass is 10.1. The fourth-order valence-corrected chi connectivity index (χ4v) is 2.77. The molecule has 0 aliphatic heterocycles. The summed E-state index contributed by atoms with van der Waals surface area (Å²) in [5, 5.41) is 3.44. The van der Waals surface area contributed by atoms with Crippen LogP contribution in [-0.4, -0.2) is 28.6 Å². The van der Waals surface area contributed by atoms with E-state index in [1.165, 1.54) is 10.6 Å². The van der Waals surface area contributed by atoms with Crippen LogP contribution in [0.25, 0.3) is 4.96 Å². The number of nitrogens with zero attached hydrogens (tertiary/aromatic N) is 2. The maximum Gasteiger partial charge on any atom is 0.194 e. The molecule has 0 aliphatic carbocycles. The van der Waals surface area contributed by atoms with E-state index in [1.807, 2.05) is 0 Å². The molecule has 2 rings (SSSR count). The Hall–Kier alpha value is -0.910. The lowest BCUT2D eigenvalue weighted by molar-refractivity contribution is 0.0230. The van der Waals surface area contributed by atoms with Gasteiger partial charge < -0.3 is 10.1 Å². The number of thiazole rings is 1. The quantitative estimate of drug-likeness (QED) is 0.904. The predicted octanol–water partition coefficient (Wildman–Crippen LogP) is 2.53. The number of nitrogens with one attached hydrogen (secondary N) is 1. The number of methoxy groups -OCH3 is 1. The number of hydrogen-bond acceptors (Lipinski definition) is 4. The summed E-state index contributed by atoms with van der Waals surface area (Å²) in [6.45, 7) is 9.96. The molecular formula is C13H21N3OS. The zero-order valence-corrected chi connectivity index (χ0v) is 12.5. The molecule has 0 fully saturated rings. The van der Waals surface area contributed by atoms with Crippen LogP contribution in [-0.2, 0) is 11.3 Å². The van der Waals surface area contributed by atoms with Crippen molar-refractivity contribution in [2.75, 3.05) is 13.7 Å². The number of aryl methyl sites for hydroxylation is 2. The number of rotatable bonds is 5. The van der Waals surface area contributed by atoms with Crippen LogP contribution in [0.1, 0.15) is 30.1 Å². The first-order chi connectivity index (χ1) is 8.43.